The molecule has 0 aliphatic carbocycles. The van der Waals surface area contributed by atoms with E-state index in [1.807, 2.05) is 24.3 Å². The summed E-state index contributed by atoms with van der Waals surface area (Å²) in [5, 5.41) is 0. The zero-order valence-corrected chi connectivity index (χ0v) is 13.1. The molecule has 0 radical (unpaired) electrons. The molecule has 0 fully saturated rings. The van der Waals surface area contributed by atoms with Crippen molar-refractivity contribution in [1.82, 2.24) is 14.9 Å². The van der Waals surface area contributed by atoms with Gasteiger partial charge in [0, 0.05) is 12.1 Å². The molecule has 4 heteroatoms. The third kappa shape index (κ3) is 2.85. The average Bonchev–Trinajstić information content (AvgIpc) is 2.98. The van der Waals surface area contributed by atoms with Crippen LogP contribution >= 0.6 is 0 Å². The number of rotatable bonds is 4. The van der Waals surface area contributed by atoms with E-state index >= 15 is 0 Å². The van der Waals surface area contributed by atoms with Crippen molar-refractivity contribution in [3.05, 3.63) is 71.7 Å². The number of hydrogen-bond donors (Lipinski definition) is 1. The minimum atomic E-state index is 0.557. The first-order valence-corrected chi connectivity index (χ1v) is 7.82. The molecule has 2 heterocycles. The van der Waals surface area contributed by atoms with Crippen LogP contribution in [0.4, 0.5) is 0 Å². The van der Waals surface area contributed by atoms with Gasteiger partial charge in [-0.05, 0) is 24.7 Å². The first-order valence-electron chi connectivity index (χ1n) is 7.82. The summed E-state index contributed by atoms with van der Waals surface area (Å²) >= 11 is 0. The Bertz CT molecular complexity index is 810. The number of nitrogens with one attached hydrogen (secondary N) is 1. The zero-order valence-electron chi connectivity index (χ0n) is 13.1. The summed E-state index contributed by atoms with van der Waals surface area (Å²) in [5.74, 6) is 1.89. The lowest BCUT2D eigenvalue weighted by molar-refractivity contribution is 0.295. The van der Waals surface area contributed by atoms with E-state index in [0.717, 1.165) is 41.6 Å². The molecule has 0 atom stereocenters. The Kier molecular flexibility index (Phi) is 3.60. The molecule has 0 spiro atoms. The number of ether oxygens (including phenoxy) is 1. The number of imidazole rings is 1. The fourth-order valence-electron chi connectivity index (χ4n) is 3.01. The molecular weight excluding hydrogens is 286 g/mol. The van der Waals surface area contributed by atoms with E-state index in [4.69, 9.17) is 9.72 Å². The maximum atomic E-state index is 5.78. The zero-order chi connectivity index (χ0) is 15.6. The van der Waals surface area contributed by atoms with Crippen LogP contribution < -0.4 is 4.74 Å². The van der Waals surface area contributed by atoms with Gasteiger partial charge in [-0.15, -0.1) is 0 Å². The number of hydrogen-bond acceptors (Lipinski definition) is 3. The third-order valence-corrected chi connectivity index (χ3v) is 4.06. The first-order chi connectivity index (χ1) is 11.3. The molecule has 1 aliphatic rings. The minimum absolute atomic E-state index is 0.557. The molecular formula is C19H19N3O. The van der Waals surface area contributed by atoms with Crippen molar-refractivity contribution >= 4 is 0 Å². The number of aromatic nitrogens is 2. The summed E-state index contributed by atoms with van der Waals surface area (Å²) < 4.78 is 5.78. The molecule has 2 aromatic carbocycles. The van der Waals surface area contributed by atoms with Crippen molar-refractivity contribution in [1.29, 1.82) is 0 Å². The van der Waals surface area contributed by atoms with E-state index in [-0.39, 0.29) is 0 Å². The quantitative estimate of drug-likeness (QED) is 0.800. The van der Waals surface area contributed by atoms with Crippen molar-refractivity contribution in [3.63, 3.8) is 0 Å². The summed E-state index contributed by atoms with van der Waals surface area (Å²) in [6, 6.07) is 18.5. The van der Waals surface area contributed by atoms with Gasteiger partial charge in [0.1, 0.15) is 18.2 Å². The Morgan fingerprint density at radius 3 is 2.70 bits per heavy atom. The lowest BCUT2D eigenvalue weighted by Gasteiger charge is -2.15. The van der Waals surface area contributed by atoms with E-state index in [1.165, 1.54) is 5.56 Å². The molecule has 116 valence electrons. The summed E-state index contributed by atoms with van der Waals surface area (Å²) in [4.78, 5) is 10.5. The lowest BCUT2D eigenvalue weighted by Crippen LogP contribution is -2.18. The van der Waals surface area contributed by atoms with Crippen molar-refractivity contribution < 1.29 is 4.74 Å². The van der Waals surface area contributed by atoms with Crippen molar-refractivity contribution in [2.45, 2.75) is 19.7 Å². The molecule has 1 aromatic heterocycles. The van der Waals surface area contributed by atoms with Crippen LogP contribution in [0.15, 0.2) is 54.6 Å². The lowest BCUT2D eigenvalue weighted by atomic mass is 10.1. The highest BCUT2D eigenvalue weighted by Gasteiger charge is 2.21. The maximum absolute atomic E-state index is 5.78. The van der Waals surface area contributed by atoms with Gasteiger partial charge in [0.05, 0.1) is 17.9 Å². The number of nitrogens with zero attached hydrogens (tertiary/aromatic N) is 2. The minimum Gasteiger partial charge on any atom is -0.487 e. The number of para-hydroxylation sites is 1. The number of fused-ring (bicyclic) bond motifs is 3. The highest BCUT2D eigenvalue weighted by Crippen LogP contribution is 2.35. The second kappa shape index (κ2) is 5.89. The second-order valence-corrected chi connectivity index (χ2v) is 5.95. The van der Waals surface area contributed by atoms with Crippen LogP contribution in [0.2, 0.25) is 0 Å². The van der Waals surface area contributed by atoms with E-state index in [2.05, 4.69) is 47.3 Å². The molecule has 1 aliphatic heterocycles. The molecule has 0 unspecified atom stereocenters. The van der Waals surface area contributed by atoms with Crippen molar-refractivity contribution in [2.75, 3.05) is 7.05 Å². The number of H-pyrrole nitrogens is 1. The molecule has 0 saturated heterocycles. The highest BCUT2D eigenvalue weighted by molar-refractivity contribution is 5.70. The fourth-order valence-corrected chi connectivity index (χ4v) is 3.01. The van der Waals surface area contributed by atoms with E-state index in [9.17, 15) is 0 Å². The Hall–Kier alpha value is -2.59. The topological polar surface area (TPSA) is 41.2 Å². The summed E-state index contributed by atoms with van der Waals surface area (Å²) in [5.41, 5.74) is 4.46. The van der Waals surface area contributed by atoms with Gasteiger partial charge in [0.15, 0.2) is 0 Å². The first kappa shape index (κ1) is 14.0. The second-order valence-electron chi connectivity index (χ2n) is 5.95. The monoisotopic (exact) mass is 305 g/mol. The van der Waals surface area contributed by atoms with E-state index in [0.29, 0.717) is 6.61 Å². The van der Waals surface area contributed by atoms with Gasteiger partial charge < -0.3 is 9.72 Å². The SMILES string of the molecule is CN(Cc1ccccc1)Cc1nc2c([nH]1)COc1ccccc1-2. The van der Waals surface area contributed by atoms with Crippen LogP contribution in [0, 0.1) is 0 Å². The van der Waals surface area contributed by atoms with Crippen LogP contribution in [0.1, 0.15) is 17.1 Å². The molecule has 3 aromatic rings. The Morgan fingerprint density at radius 1 is 1.04 bits per heavy atom. The molecule has 0 saturated carbocycles. The molecule has 4 nitrogen and oxygen atoms in total. The molecule has 0 amide bonds. The number of benzene rings is 2. The van der Waals surface area contributed by atoms with Gasteiger partial charge in [-0.2, -0.15) is 0 Å². The van der Waals surface area contributed by atoms with Crippen LogP contribution in [0.25, 0.3) is 11.3 Å². The van der Waals surface area contributed by atoms with Gasteiger partial charge >= 0.3 is 0 Å². The van der Waals surface area contributed by atoms with Gasteiger partial charge in [0.25, 0.3) is 0 Å². The summed E-state index contributed by atoms with van der Waals surface area (Å²) in [6.45, 7) is 2.24. The molecule has 23 heavy (non-hydrogen) atoms. The van der Waals surface area contributed by atoms with Gasteiger partial charge in [-0.3, -0.25) is 4.90 Å². The van der Waals surface area contributed by atoms with Crippen LogP contribution in [0.3, 0.4) is 0 Å². The number of aromatic amines is 1. The van der Waals surface area contributed by atoms with Gasteiger partial charge in [-0.25, -0.2) is 4.98 Å². The predicted octanol–water partition coefficient (Wildman–Crippen LogP) is 3.60. The van der Waals surface area contributed by atoms with Gasteiger partial charge in [0.2, 0.25) is 0 Å². The summed E-state index contributed by atoms with van der Waals surface area (Å²) in [7, 11) is 2.11. The Labute approximate surface area is 135 Å². The Balaban J connectivity index is 1.53. The molecule has 1 N–H and O–H groups in total. The predicted molar refractivity (Wildman–Crippen MR) is 90.0 cm³/mol. The highest BCUT2D eigenvalue weighted by atomic mass is 16.5. The van der Waals surface area contributed by atoms with Crippen LogP contribution in [-0.2, 0) is 19.7 Å². The molecule has 4 rings (SSSR count). The smallest absolute Gasteiger partial charge is 0.130 e. The van der Waals surface area contributed by atoms with E-state index in [1.54, 1.807) is 0 Å². The van der Waals surface area contributed by atoms with Crippen LogP contribution in [-0.4, -0.2) is 21.9 Å². The largest absolute Gasteiger partial charge is 0.487 e. The maximum Gasteiger partial charge on any atom is 0.130 e. The normalized spacial score (nSPS) is 12.6. The van der Waals surface area contributed by atoms with Gasteiger partial charge in [-0.1, -0.05) is 42.5 Å². The standard InChI is InChI=1S/C19H19N3O/c1-22(11-14-7-3-2-4-8-14)12-18-20-16-13-23-17-10-6-5-9-15(17)19(16)21-18/h2-10H,11-13H2,1H3,(H,20,21). The van der Waals surface area contributed by atoms with Crippen LogP contribution in [0.5, 0.6) is 5.75 Å². The molecule has 0 bridgehead atoms. The third-order valence-electron chi connectivity index (χ3n) is 4.06. The fraction of sp³-hybridized carbons (Fsp3) is 0.211. The average molecular weight is 305 g/mol. The van der Waals surface area contributed by atoms with Crippen molar-refractivity contribution in [2.24, 2.45) is 0 Å². The van der Waals surface area contributed by atoms with E-state index < -0.39 is 0 Å². The Morgan fingerprint density at radius 2 is 1.83 bits per heavy atom. The summed E-state index contributed by atoms with van der Waals surface area (Å²) in [6.07, 6.45) is 0. The van der Waals surface area contributed by atoms with Crippen molar-refractivity contribution in [3.8, 4) is 17.0 Å².